The summed E-state index contributed by atoms with van der Waals surface area (Å²) in [6.45, 7) is 2.91. The van der Waals surface area contributed by atoms with Crippen molar-refractivity contribution >= 4 is 33.3 Å². The van der Waals surface area contributed by atoms with E-state index in [0.717, 1.165) is 16.3 Å². The van der Waals surface area contributed by atoms with Crippen LogP contribution < -0.4 is 9.62 Å². The number of rotatable bonds is 7. The fraction of sp³-hybridized carbons (Fsp3) is 0.263. The van der Waals surface area contributed by atoms with Crippen LogP contribution in [0.2, 0.25) is 0 Å². The van der Waals surface area contributed by atoms with Crippen molar-refractivity contribution in [2.75, 3.05) is 23.3 Å². The lowest BCUT2D eigenvalue weighted by atomic mass is 10.1. The molecular weight excluding hydrogens is 368 g/mol. The molecular formula is C19H22N2O5S. The van der Waals surface area contributed by atoms with Gasteiger partial charge < -0.3 is 10.1 Å². The van der Waals surface area contributed by atoms with Gasteiger partial charge in [0.2, 0.25) is 5.91 Å². The normalized spacial score (nSPS) is 10.9. The maximum absolute atomic E-state index is 13.1. The molecule has 0 saturated heterocycles. The summed E-state index contributed by atoms with van der Waals surface area (Å²) in [6.07, 6.45) is 0.814. The Kier molecular flexibility index (Phi) is 6.57. The molecule has 0 atom stereocenters. The third-order valence-electron chi connectivity index (χ3n) is 3.90. The average Bonchev–Trinajstić information content (AvgIpc) is 2.65. The molecule has 8 heteroatoms. The molecule has 0 unspecified atom stereocenters. The first-order chi connectivity index (χ1) is 12.8. The standard InChI is InChI=1S/C19H22N2O5S/c1-4-15-5-9-17(10-6-15)21(13-19(23)26-3)27(24,25)18-11-7-16(8-12-18)20-14(2)22/h5-12H,4,13H2,1-3H3,(H,20,22). The maximum Gasteiger partial charge on any atom is 0.326 e. The number of ether oxygens (including phenoxy) is 1. The van der Waals surface area contributed by atoms with E-state index in [9.17, 15) is 18.0 Å². The Morgan fingerprint density at radius 2 is 1.63 bits per heavy atom. The van der Waals surface area contributed by atoms with Crippen molar-refractivity contribution in [3.05, 3.63) is 54.1 Å². The number of carbonyl (C=O) groups is 2. The first kappa shape index (κ1) is 20.4. The summed E-state index contributed by atoms with van der Waals surface area (Å²) in [5, 5.41) is 2.58. The third kappa shape index (κ3) is 5.07. The SMILES string of the molecule is CCc1ccc(N(CC(=O)OC)S(=O)(=O)c2ccc(NC(C)=O)cc2)cc1. The summed E-state index contributed by atoms with van der Waals surface area (Å²) in [7, 11) is -2.80. The van der Waals surface area contributed by atoms with Gasteiger partial charge in [-0.05, 0) is 48.4 Å². The van der Waals surface area contributed by atoms with Crippen LogP contribution in [-0.4, -0.2) is 33.9 Å². The van der Waals surface area contributed by atoms with Crippen molar-refractivity contribution < 1.29 is 22.7 Å². The lowest BCUT2D eigenvalue weighted by Crippen LogP contribution is -2.36. The van der Waals surface area contributed by atoms with Crippen molar-refractivity contribution in [1.29, 1.82) is 0 Å². The highest BCUT2D eigenvalue weighted by molar-refractivity contribution is 7.92. The number of aryl methyl sites for hydroxylation is 1. The first-order valence-corrected chi connectivity index (χ1v) is 9.78. The number of esters is 1. The summed E-state index contributed by atoms with van der Waals surface area (Å²) in [4.78, 5) is 22.9. The van der Waals surface area contributed by atoms with Crippen LogP contribution in [0.25, 0.3) is 0 Å². The number of anilines is 2. The van der Waals surface area contributed by atoms with Crippen molar-refractivity contribution in [2.24, 2.45) is 0 Å². The van der Waals surface area contributed by atoms with Crippen LogP contribution in [0, 0.1) is 0 Å². The van der Waals surface area contributed by atoms with Gasteiger partial charge in [-0.15, -0.1) is 0 Å². The minimum Gasteiger partial charge on any atom is -0.468 e. The Bertz CT molecular complexity index is 906. The molecule has 0 aliphatic heterocycles. The number of hydrogen-bond acceptors (Lipinski definition) is 5. The van der Waals surface area contributed by atoms with E-state index < -0.39 is 22.5 Å². The first-order valence-electron chi connectivity index (χ1n) is 8.34. The highest BCUT2D eigenvalue weighted by atomic mass is 32.2. The second-order valence-electron chi connectivity index (χ2n) is 5.81. The van der Waals surface area contributed by atoms with Crippen LogP contribution in [0.3, 0.4) is 0 Å². The van der Waals surface area contributed by atoms with E-state index in [2.05, 4.69) is 10.1 Å². The quantitative estimate of drug-likeness (QED) is 0.734. The van der Waals surface area contributed by atoms with Crippen molar-refractivity contribution in [3.8, 4) is 0 Å². The summed E-state index contributed by atoms with van der Waals surface area (Å²) in [5.41, 5.74) is 1.89. The monoisotopic (exact) mass is 390 g/mol. The molecule has 0 saturated carbocycles. The minimum atomic E-state index is -4.00. The fourth-order valence-electron chi connectivity index (χ4n) is 2.44. The lowest BCUT2D eigenvalue weighted by molar-refractivity contribution is -0.138. The number of carbonyl (C=O) groups excluding carboxylic acids is 2. The molecule has 0 heterocycles. The molecule has 2 aromatic carbocycles. The fourth-order valence-corrected chi connectivity index (χ4v) is 3.84. The molecule has 0 bridgehead atoms. The molecule has 0 radical (unpaired) electrons. The summed E-state index contributed by atoms with van der Waals surface area (Å²) in [6, 6.07) is 12.7. The van der Waals surface area contributed by atoms with Crippen LogP contribution in [0.15, 0.2) is 53.4 Å². The van der Waals surface area contributed by atoms with E-state index in [0.29, 0.717) is 11.4 Å². The molecule has 0 fully saturated rings. The summed E-state index contributed by atoms with van der Waals surface area (Å²) in [5.74, 6) is -0.929. The van der Waals surface area contributed by atoms with Gasteiger partial charge in [0.1, 0.15) is 6.54 Å². The highest BCUT2D eigenvalue weighted by Gasteiger charge is 2.27. The van der Waals surface area contributed by atoms with Crippen molar-refractivity contribution in [2.45, 2.75) is 25.2 Å². The number of sulfonamides is 1. The number of benzene rings is 2. The Hall–Kier alpha value is -2.87. The van der Waals surface area contributed by atoms with E-state index in [1.165, 1.54) is 38.3 Å². The van der Waals surface area contributed by atoms with Crippen LogP contribution in [-0.2, 0) is 30.8 Å². The Morgan fingerprint density at radius 1 is 1.04 bits per heavy atom. The number of amides is 1. The van der Waals surface area contributed by atoms with Crippen LogP contribution >= 0.6 is 0 Å². The largest absolute Gasteiger partial charge is 0.468 e. The Balaban J connectivity index is 2.42. The number of hydrogen-bond donors (Lipinski definition) is 1. The zero-order valence-corrected chi connectivity index (χ0v) is 16.2. The van der Waals surface area contributed by atoms with Gasteiger partial charge in [-0.3, -0.25) is 13.9 Å². The molecule has 2 rings (SSSR count). The Morgan fingerprint density at radius 3 is 2.11 bits per heavy atom. The van der Waals surface area contributed by atoms with Gasteiger partial charge >= 0.3 is 5.97 Å². The third-order valence-corrected chi connectivity index (χ3v) is 5.68. The zero-order chi connectivity index (χ0) is 20.0. The van der Waals surface area contributed by atoms with Crippen molar-refractivity contribution in [3.63, 3.8) is 0 Å². The van der Waals surface area contributed by atoms with Gasteiger partial charge in [0, 0.05) is 12.6 Å². The van der Waals surface area contributed by atoms with E-state index in [1.54, 1.807) is 12.1 Å². The van der Waals surface area contributed by atoms with E-state index in [4.69, 9.17) is 0 Å². The van der Waals surface area contributed by atoms with E-state index >= 15 is 0 Å². The molecule has 0 aliphatic carbocycles. The molecule has 144 valence electrons. The average molecular weight is 390 g/mol. The van der Waals surface area contributed by atoms with Gasteiger partial charge in [0.15, 0.2) is 0 Å². The van der Waals surface area contributed by atoms with E-state index in [-0.39, 0.29) is 10.8 Å². The predicted octanol–water partition coefficient (Wildman–Crippen LogP) is 2.58. The second kappa shape index (κ2) is 8.68. The molecule has 0 aliphatic rings. The summed E-state index contributed by atoms with van der Waals surface area (Å²) < 4.78 is 31.9. The van der Waals surface area contributed by atoms with Gasteiger partial charge in [-0.1, -0.05) is 19.1 Å². The molecule has 7 nitrogen and oxygen atoms in total. The predicted molar refractivity (Wildman–Crippen MR) is 103 cm³/mol. The van der Waals surface area contributed by atoms with Gasteiger partial charge in [0.05, 0.1) is 17.7 Å². The Labute approximate surface area is 159 Å². The topological polar surface area (TPSA) is 92.8 Å². The lowest BCUT2D eigenvalue weighted by Gasteiger charge is -2.23. The minimum absolute atomic E-state index is 0.0000677. The molecule has 1 amide bonds. The van der Waals surface area contributed by atoms with Crippen LogP contribution in [0.5, 0.6) is 0 Å². The summed E-state index contributed by atoms with van der Waals surface area (Å²) >= 11 is 0. The number of nitrogens with zero attached hydrogens (tertiary/aromatic N) is 1. The van der Waals surface area contributed by atoms with Crippen molar-refractivity contribution in [1.82, 2.24) is 0 Å². The molecule has 0 aromatic heterocycles. The van der Waals surface area contributed by atoms with Gasteiger partial charge in [-0.25, -0.2) is 8.42 Å². The smallest absolute Gasteiger partial charge is 0.326 e. The molecule has 2 aromatic rings. The van der Waals surface area contributed by atoms with Crippen LogP contribution in [0.1, 0.15) is 19.4 Å². The molecule has 0 spiro atoms. The van der Waals surface area contributed by atoms with Gasteiger partial charge in [-0.2, -0.15) is 0 Å². The number of methoxy groups -OCH3 is 1. The highest BCUT2D eigenvalue weighted by Crippen LogP contribution is 2.25. The number of nitrogens with one attached hydrogen (secondary N) is 1. The van der Waals surface area contributed by atoms with Crippen LogP contribution in [0.4, 0.5) is 11.4 Å². The van der Waals surface area contributed by atoms with Gasteiger partial charge in [0.25, 0.3) is 10.0 Å². The zero-order valence-electron chi connectivity index (χ0n) is 15.4. The van der Waals surface area contributed by atoms with E-state index in [1.807, 2.05) is 19.1 Å². The molecule has 27 heavy (non-hydrogen) atoms. The molecule has 1 N–H and O–H groups in total. The second-order valence-corrected chi connectivity index (χ2v) is 7.68. The maximum atomic E-state index is 13.1.